The molecule has 1 atom stereocenters. The van der Waals surface area contributed by atoms with Crippen LogP contribution in [-0.4, -0.2) is 48.6 Å². The molecule has 1 saturated heterocycles. The van der Waals surface area contributed by atoms with Gasteiger partial charge in [-0.1, -0.05) is 12.1 Å². The van der Waals surface area contributed by atoms with Gasteiger partial charge in [-0.25, -0.2) is 4.79 Å². The zero-order valence-corrected chi connectivity index (χ0v) is 13.3. The van der Waals surface area contributed by atoms with E-state index in [9.17, 15) is 18.0 Å². The molecule has 1 aliphatic rings. The highest BCUT2D eigenvalue weighted by Gasteiger charge is 2.32. The topological polar surface area (TPSA) is 59.0 Å². The number of carboxylic acid groups (broad SMARTS) is 1. The van der Waals surface area contributed by atoms with E-state index in [-0.39, 0.29) is 11.7 Å². The van der Waals surface area contributed by atoms with Gasteiger partial charge >= 0.3 is 12.3 Å². The molecule has 0 saturated carbocycles. The first kappa shape index (κ1) is 18.5. The van der Waals surface area contributed by atoms with Crippen molar-refractivity contribution >= 4 is 5.97 Å². The molecular formula is C16H20F3NO4. The molecule has 24 heavy (non-hydrogen) atoms. The highest BCUT2D eigenvalue weighted by molar-refractivity contribution is 5.72. The molecule has 0 radical (unpaired) electrons. The van der Waals surface area contributed by atoms with Gasteiger partial charge < -0.3 is 14.6 Å². The number of carbonyl (C=O) groups is 1. The normalized spacial score (nSPS) is 18.3. The van der Waals surface area contributed by atoms with Crippen LogP contribution in [-0.2, 0) is 16.1 Å². The number of hydrogen-bond donors (Lipinski definition) is 1. The molecule has 0 aliphatic carbocycles. The Morgan fingerprint density at radius 2 is 1.88 bits per heavy atom. The van der Waals surface area contributed by atoms with E-state index in [1.54, 1.807) is 12.1 Å². The fourth-order valence-electron chi connectivity index (χ4n) is 2.96. The van der Waals surface area contributed by atoms with Crippen LogP contribution in [0.25, 0.3) is 0 Å². The summed E-state index contributed by atoms with van der Waals surface area (Å²) < 4.78 is 45.2. The number of carboxylic acids is 1. The van der Waals surface area contributed by atoms with E-state index >= 15 is 0 Å². The number of hydrogen-bond acceptors (Lipinski definition) is 4. The molecule has 0 spiro atoms. The lowest BCUT2D eigenvalue weighted by Gasteiger charge is -2.34. The highest BCUT2D eigenvalue weighted by atomic mass is 19.4. The van der Waals surface area contributed by atoms with E-state index < -0.39 is 18.4 Å². The molecule has 1 unspecified atom stereocenters. The van der Waals surface area contributed by atoms with Gasteiger partial charge in [0.05, 0.1) is 0 Å². The molecule has 0 bridgehead atoms. The van der Waals surface area contributed by atoms with Crippen LogP contribution in [0, 0.1) is 5.92 Å². The monoisotopic (exact) mass is 347 g/mol. The van der Waals surface area contributed by atoms with Crippen molar-refractivity contribution in [2.45, 2.75) is 31.9 Å². The largest absolute Gasteiger partial charge is 0.573 e. The van der Waals surface area contributed by atoms with E-state index in [0.717, 1.165) is 18.7 Å². The lowest BCUT2D eigenvalue weighted by Crippen LogP contribution is -2.41. The molecule has 1 aromatic rings. The third-order valence-corrected chi connectivity index (χ3v) is 4.12. The van der Waals surface area contributed by atoms with Gasteiger partial charge in [0.1, 0.15) is 5.75 Å². The number of ether oxygens (including phenoxy) is 2. The lowest BCUT2D eigenvalue weighted by molar-refractivity contribution is -0.274. The van der Waals surface area contributed by atoms with Gasteiger partial charge in [-0.05, 0) is 49.5 Å². The minimum Gasteiger partial charge on any atom is -0.479 e. The quantitative estimate of drug-likeness (QED) is 0.857. The van der Waals surface area contributed by atoms with Gasteiger partial charge in [0, 0.05) is 13.7 Å². The number of rotatable bonds is 6. The molecule has 5 nitrogen and oxygen atoms in total. The number of likely N-dealkylation sites (tertiary alicyclic amines) is 1. The second-order valence-electron chi connectivity index (χ2n) is 5.80. The van der Waals surface area contributed by atoms with E-state index in [4.69, 9.17) is 9.84 Å². The van der Waals surface area contributed by atoms with Crippen molar-refractivity contribution in [3.63, 3.8) is 0 Å². The third-order valence-electron chi connectivity index (χ3n) is 4.12. The van der Waals surface area contributed by atoms with E-state index in [1.807, 2.05) is 0 Å². The molecule has 134 valence electrons. The summed E-state index contributed by atoms with van der Waals surface area (Å²) in [6, 6.07) is 5.78. The van der Waals surface area contributed by atoms with Crippen molar-refractivity contribution in [1.82, 2.24) is 4.90 Å². The zero-order chi connectivity index (χ0) is 17.7. The Morgan fingerprint density at radius 1 is 1.29 bits per heavy atom. The minimum absolute atomic E-state index is 0.0219. The summed E-state index contributed by atoms with van der Waals surface area (Å²) in [4.78, 5) is 13.2. The minimum atomic E-state index is -4.69. The maximum atomic E-state index is 12.1. The molecule has 1 N–H and O–H groups in total. The van der Waals surface area contributed by atoms with Crippen molar-refractivity contribution in [3.05, 3.63) is 29.8 Å². The number of alkyl halides is 3. The molecule has 1 fully saturated rings. The third kappa shape index (κ3) is 5.38. The number of nitrogens with zero attached hydrogens (tertiary/aromatic N) is 1. The van der Waals surface area contributed by atoms with Gasteiger partial charge in [0.25, 0.3) is 0 Å². The van der Waals surface area contributed by atoms with Crippen LogP contribution in [0.3, 0.4) is 0 Å². The summed E-state index contributed by atoms with van der Waals surface area (Å²) in [5.74, 6) is -1.21. The van der Waals surface area contributed by atoms with Crippen molar-refractivity contribution in [2.24, 2.45) is 5.92 Å². The summed E-state index contributed by atoms with van der Waals surface area (Å²) in [5.41, 5.74) is 0.879. The predicted molar refractivity (Wildman–Crippen MR) is 79.6 cm³/mol. The maximum absolute atomic E-state index is 12.1. The Balaban J connectivity index is 1.84. The number of benzene rings is 1. The Labute approximate surface area is 138 Å². The van der Waals surface area contributed by atoms with E-state index in [0.29, 0.717) is 19.4 Å². The number of piperidine rings is 1. The Hall–Kier alpha value is -1.80. The lowest BCUT2D eigenvalue weighted by atomic mass is 9.91. The summed E-state index contributed by atoms with van der Waals surface area (Å²) in [6.45, 7) is 2.04. The number of aliphatic carboxylic acids is 1. The van der Waals surface area contributed by atoms with Crippen LogP contribution in [0.5, 0.6) is 5.75 Å². The van der Waals surface area contributed by atoms with E-state index in [2.05, 4.69) is 9.64 Å². The molecule has 8 heteroatoms. The van der Waals surface area contributed by atoms with Crippen molar-refractivity contribution in [2.75, 3.05) is 20.2 Å². The number of halogens is 3. The Kier molecular flexibility index (Phi) is 6.06. The average molecular weight is 347 g/mol. The first-order chi connectivity index (χ1) is 11.3. The summed E-state index contributed by atoms with van der Waals surface area (Å²) in [5, 5.41) is 9.10. The Morgan fingerprint density at radius 3 is 2.33 bits per heavy atom. The van der Waals surface area contributed by atoms with Gasteiger partial charge in [0.15, 0.2) is 6.10 Å². The first-order valence-corrected chi connectivity index (χ1v) is 7.61. The first-order valence-electron chi connectivity index (χ1n) is 7.61. The molecule has 1 heterocycles. The van der Waals surface area contributed by atoms with Crippen molar-refractivity contribution in [3.8, 4) is 5.75 Å². The zero-order valence-electron chi connectivity index (χ0n) is 13.3. The van der Waals surface area contributed by atoms with Crippen LogP contribution in [0.1, 0.15) is 18.4 Å². The van der Waals surface area contributed by atoms with Gasteiger partial charge in [-0.2, -0.15) is 0 Å². The van der Waals surface area contributed by atoms with Crippen molar-refractivity contribution < 1.29 is 32.5 Å². The molecule has 0 aromatic heterocycles. The highest BCUT2D eigenvalue weighted by Crippen LogP contribution is 2.25. The van der Waals surface area contributed by atoms with Crippen molar-refractivity contribution in [1.29, 1.82) is 0 Å². The molecule has 0 amide bonds. The summed E-state index contributed by atoms with van der Waals surface area (Å²) >= 11 is 0. The Bertz CT molecular complexity index is 539. The van der Waals surface area contributed by atoms with Gasteiger partial charge in [-0.15, -0.1) is 13.2 Å². The fourth-order valence-corrected chi connectivity index (χ4v) is 2.96. The standard InChI is InChI=1S/C16H20F3NO4/c1-23-14(15(21)22)12-6-8-20(9-7-12)10-11-2-4-13(5-3-11)24-16(17,18)19/h2-5,12,14H,6-10H2,1H3,(H,21,22). The van der Waals surface area contributed by atoms with Crippen LogP contribution in [0.2, 0.25) is 0 Å². The van der Waals surface area contributed by atoms with Crippen LogP contribution in [0.15, 0.2) is 24.3 Å². The molecular weight excluding hydrogens is 327 g/mol. The number of methoxy groups -OCH3 is 1. The smallest absolute Gasteiger partial charge is 0.479 e. The second-order valence-corrected chi connectivity index (χ2v) is 5.80. The molecule has 1 aromatic carbocycles. The SMILES string of the molecule is COC(C(=O)O)C1CCN(Cc2ccc(OC(F)(F)F)cc2)CC1. The summed E-state index contributed by atoms with van der Waals surface area (Å²) in [6.07, 6.45) is -4.06. The van der Waals surface area contributed by atoms with E-state index in [1.165, 1.54) is 19.2 Å². The molecule has 2 rings (SSSR count). The molecule has 1 aliphatic heterocycles. The van der Waals surface area contributed by atoms with Crippen LogP contribution in [0.4, 0.5) is 13.2 Å². The van der Waals surface area contributed by atoms with Crippen LogP contribution < -0.4 is 4.74 Å². The predicted octanol–water partition coefficient (Wildman–Crippen LogP) is 2.90. The average Bonchev–Trinajstić information content (AvgIpc) is 2.50. The fraction of sp³-hybridized carbons (Fsp3) is 0.562. The van der Waals surface area contributed by atoms with Gasteiger partial charge in [0.2, 0.25) is 0 Å². The van der Waals surface area contributed by atoms with Crippen LogP contribution >= 0.6 is 0 Å². The summed E-state index contributed by atoms with van der Waals surface area (Å²) in [7, 11) is 1.40. The second kappa shape index (κ2) is 7.85. The van der Waals surface area contributed by atoms with Gasteiger partial charge in [-0.3, -0.25) is 4.90 Å². The maximum Gasteiger partial charge on any atom is 0.573 e.